The van der Waals surface area contributed by atoms with Crippen LogP contribution in [0.15, 0.2) is 78.9 Å². The molecule has 0 aliphatic heterocycles. The third-order valence-corrected chi connectivity index (χ3v) is 6.17. The largest absolute Gasteiger partial charge is 0.494 e. The summed E-state index contributed by atoms with van der Waals surface area (Å²) >= 11 is 0. The van der Waals surface area contributed by atoms with Crippen LogP contribution in [0.3, 0.4) is 0 Å². The normalized spacial score (nSPS) is 12.1. The summed E-state index contributed by atoms with van der Waals surface area (Å²) in [5.41, 5.74) is 2.87. The average molecular weight is 453 g/mol. The number of rotatable bonds is 9. The first kappa shape index (κ1) is 23.3. The van der Waals surface area contributed by atoms with Gasteiger partial charge in [-0.1, -0.05) is 42.5 Å². The SMILES string of the molecule is CCOc1ccc(C(C)NC(=O)c2ccc(CN(c3ccccc3)S(C)(=O)=O)cc2)cc1. The number of sulfonamides is 1. The van der Waals surface area contributed by atoms with E-state index in [2.05, 4.69) is 5.32 Å². The van der Waals surface area contributed by atoms with Crippen molar-refractivity contribution in [3.63, 3.8) is 0 Å². The maximum absolute atomic E-state index is 12.7. The van der Waals surface area contributed by atoms with Crippen LogP contribution < -0.4 is 14.4 Å². The summed E-state index contributed by atoms with van der Waals surface area (Å²) in [6.07, 6.45) is 1.18. The Labute approximate surface area is 189 Å². The van der Waals surface area contributed by atoms with Gasteiger partial charge in [0.1, 0.15) is 5.75 Å². The Morgan fingerprint density at radius 1 is 0.969 bits per heavy atom. The van der Waals surface area contributed by atoms with E-state index in [9.17, 15) is 13.2 Å². The molecule has 0 radical (unpaired) electrons. The molecule has 1 N–H and O–H groups in total. The number of para-hydroxylation sites is 1. The van der Waals surface area contributed by atoms with Gasteiger partial charge in [-0.3, -0.25) is 9.10 Å². The number of hydrogen-bond acceptors (Lipinski definition) is 4. The minimum absolute atomic E-state index is 0.170. The van der Waals surface area contributed by atoms with E-state index in [1.54, 1.807) is 48.5 Å². The van der Waals surface area contributed by atoms with E-state index in [1.807, 2.05) is 44.2 Å². The summed E-state index contributed by atoms with van der Waals surface area (Å²) < 4.78 is 31.4. The number of hydrogen-bond donors (Lipinski definition) is 1. The lowest BCUT2D eigenvalue weighted by molar-refractivity contribution is 0.0940. The molecule has 1 atom stereocenters. The first-order chi connectivity index (χ1) is 15.3. The topological polar surface area (TPSA) is 75.7 Å². The van der Waals surface area contributed by atoms with Gasteiger partial charge in [-0.05, 0) is 61.4 Å². The number of nitrogens with zero attached hydrogens (tertiary/aromatic N) is 1. The van der Waals surface area contributed by atoms with Crippen molar-refractivity contribution in [3.05, 3.63) is 95.6 Å². The Hall–Kier alpha value is -3.32. The molecular weight excluding hydrogens is 424 g/mol. The monoisotopic (exact) mass is 452 g/mol. The van der Waals surface area contributed by atoms with Crippen LogP contribution in [0.1, 0.15) is 41.4 Å². The van der Waals surface area contributed by atoms with Crippen molar-refractivity contribution < 1.29 is 17.9 Å². The van der Waals surface area contributed by atoms with E-state index >= 15 is 0 Å². The third-order valence-electron chi connectivity index (χ3n) is 5.03. The summed E-state index contributed by atoms with van der Waals surface area (Å²) in [4.78, 5) is 12.7. The van der Waals surface area contributed by atoms with Crippen LogP contribution in [0.2, 0.25) is 0 Å². The van der Waals surface area contributed by atoms with Gasteiger partial charge in [-0.2, -0.15) is 0 Å². The summed E-state index contributed by atoms with van der Waals surface area (Å²) in [6, 6.07) is 23.4. The molecule has 32 heavy (non-hydrogen) atoms. The van der Waals surface area contributed by atoms with Crippen molar-refractivity contribution in [2.24, 2.45) is 0 Å². The van der Waals surface area contributed by atoms with E-state index in [0.29, 0.717) is 17.9 Å². The van der Waals surface area contributed by atoms with Crippen molar-refractivity contribution in [2.45, 2.75) is 26.4 Å². The second-order valence-corrected chi connectivity index (χ2v) is 9.41. The Balaban J connectivity index is 1.67. The van der Waals surface area contributed by atoms with Crippen LogP contribution in [0.4, 0.5) is 5.69 Å². The second-order valence-electron chi connectivity index (χ2n) is 7.50. The van der Waals surface area contributed by atoms with Gasteiger partial charge < -0.3 is 10.1 Å². The van der Waals surface area contributed by atoms with Gasteiger partial charge in [0.05, 0.1) is 31.1 Å². The first-order valence-corrected chi connectivity index (χ1v) is 12.3. The van der Waals surface area contributed by atoms with Gasteiger partial charge in [-0.25, -0.2) is 8.42 Å². The molecule has 0 fully saturated rings. The van der Waals surface area contributed by atoms with Gasteiger partial charge in [-0.15, -0.1) is 0 Å². The molecule has 7 heteroatoms. The molecule has 6 nitrogen and oxygen atoms in total. The smallest absolute Gasteiger partial charge is 0.251 e. The molecule has 1 unspecified atom stereocenters. The van der Waals surface area contributed by atoms with Gasteiger partial charge >= 0.3 is 0 Å². The van der Waals surface area contributed by atoms with Crippen LogP contribution in [0.25, 0.3) is 0 Å². The third kappa shape index (κ3) is 6.11. The van der Waals surface area contributed by atoms with E-state index in [1.165, 1.54) is 10.6 Å². The number of ether oxygens (including phenoxy) is 1. The molecular formula is C25H28N2O4S. The summed E-state index contributed by atoms with van der Waals surface area (Å²) in [6.45, 7) is 4.65. The Morgan fingerprint density at radius 2 is 1.59 bits per heavy atom. The van der Waals surface area contributed by atoms with Crippen LogP contribution in [0.5, 0.6) is 5.75 Å². The highest BCUT2D eigenvalue weighted by atomic mass is 32.2. The number of carbonyl (C=O) groups excluding carboxylic acids is 1. The van der Waals surface area contributed by atoms with E-state index in [0.717, 1.165) is 16.9 Å². The zero-order valence-electron chi connectivity index (χ0n) is 18.5. The van der Waals surface area contributed by atoms with Crippen molar-refractivity contribution in [3.8, 4) is 5.75 Å². The highest BCUT2D eigenvalue weighted by Crippen LogP contribution is 2.21. The standard InChI is InChI=1S/C25H28N2O4S/c1-4-31-24-16-14-21(15-17-24)19(2)26-25(28)22-12-10-20(11-13-22)18-27(32(3,29)30)23-8-6-5-7-9-23/h5-17,19H,4,18H2,1-3H3,(H,26,28). The second kappa shape index (κ2) is 10.3. The van der Waals surface area contributed by atoms with Crippen LogP contribution in [-0.2, 0) is 16.6 Å². The van der Waals surface area contributed by atoms with Crippen molar-refractivity contribution in [2.75, 3.05) is 17.2 Å². The number of nitrogens with one attached hydrogen (secondary N) is 1. The average Bonchev–Trinajstić information content (AvgIpc) is 2.78. The number of amides is 1. The minimum atomic E-state index is -3.45. The van der Waals surface area contributed by atoms with Crippen molar-refractivity contribution in [1.82, 2.24) is 5.32 Å². The Bertz CT molecular complexity index is 1130. The maximum atomic E-state index is 12.7. The fraction of sp³-hybridized carbons (Fsp3) is 0.240. The zero-order valence-corrected chi connectivity index (χ0v) is 19.3. The van der Waals surface area contributed by atoms with Gasteiger partial charge in [0, 0.05) is 5.56 Å². The molecule has 0 saturated heterocycles. The highest BCUT2D eigenvalue weighted by Gasteiger charge is 2.18. The summed E-state index contributed by atoms with van der Waals surface area (Å²) in [5.74, 6) is 0.602. The summed E-state index contributed by atoms with van der Waals surface area (Å²) in [5, 5.41) is 2.99. The lowest BCUT2D eigenvalue weighted by Crippen LogP contribution is -2.29. The van der Waals surface area contributed by atoms with Crippen LogP contribution in [0, 0.1) is 0 Å². The number of benzene rings is 3. The molecule has 0 aromatic heterocycles. The molecule has 0 bridgehead atoms. The Morgan fingerprint density at radius 3 is 2.16 bits per heavy atom. The zero-order chi connectivity index (χ0) is 23.1. The lowest BCUT2D eigenvalue weighted by Gasteiger charge is -2.22. The molecule has 0 saturated carbocycles. The highest BCUT2D eigenvalue weighted by molar-refractivity contribution is 7.92. The molecule has 3 rings (SSSR count). The van der Waals surface area contributed by atoms with Crippen molar-refractivity contribution in [1.29, 1.82) is 0 Å². The lowest BCUT2D eigenvalue weighted by atomic mass is 10.1. The molecule has 0 heterocycles. The molecule has 0 aliphatic carbocycles. The first-order valence-electron chi connectivity index (χ1n) is 10.4. The molecule has 168 valence electrons. The molecule has 0 aliphatic rings. The predicted molar refractivity (Wildman–Crippen MR) is 127 cm³/mol. The molecule has 1 amide bonds. The quantitative estimate of drug-likeness (QED) is 0.517. The van der Waals surface area contributed by atoms with Gasteiger partial charge in [0.25, 0.3) is 5.91 Å². The number of carbonyl (C=O) groups is 1. The fourth-order valence-corrected chi connectivity index (χ4v) is 4.19. The van der Waals surface area contributed by atoms with Crippen LogP contribution >= 0.6 is 0 Å². The summed E-state index contributed by atoms with van der Waals surface area (Å²) in [7, 11) is -3.45. The van der Waals surface area contributed by atoms with E-state index < -0.39 is 10.0 Å². The fourth-order valence-electron chi connectivity index (χ4n) is 3.30. The molecule has 3 aromatic carbocycles. The Kier molecular flexibility index (Phi) is 7.53. The minimum Gasteiger partial charge on any atom is -0.494 e. The number of anilines is 1. The molecule has 3 aromatic rings. The van der Waals surface area contributed by atoms with Crippen LogP contribution in [-0.4, -0.2) is 27.2 Å². The van der Waals surface area contributed by atoms with Gasteiger partial charge in [0.15, 0.2) is 0 Å². The van der Waals surface area contributed by atoms with Crippen molar-refractivity contribution >= 4 is 21.6 Å². The molecule has 0 spiro atoms. The van der Waals surface area contributed by atoms with Gasteiger partial charge in [0.2, 0.25) is 10.0 Å². The van der Waals surface area contributed by atoms with E-state index in [-0.39, 0.29) is 18.5 Å². The van der Waals surface area contributed by atoms with E-state index in [4.69, 9.17) is 4.74 Å². The maximum Gasteiger partial charge on any atom is 0.251 e. The predicted octanol–water partition coefficient (Wildman–Crippen LogP) is 4.54.